The molecule has 0 aliphatic carbocycles. The summed E-state index contributed by atoms with van der Waals surface area (Å²) in [5.74, 6) is 0.309. The van der Waals surface area contributed by atoms with Gasteiger partial charge in [-0.1, -0.05) is 6.07 Å². The summed E-state index contributed by atoms with van der Waals surface area (Å²) < 4.78 is 35.8. The van der Waals surface area contributed by atoms with Crippen LogP contribution in [0.3, 0.4) is 0 Å². The van der Waals surface area contributed by atoms with Gasteiger partial charge in [-0.2, -0.15) is 0 Å². The van der Waals surface area contributed by atoms with Gasteiger partial charge in [-0.3, -0.25) is 4.90 Å². The van der Waals surface area contributed by atoms with Crippen molar-refractivity contribution < 1.29 is 28.1 Å². The molecule has 3 rings (SSSR count). The Kier molecular flexibility index (Phi) is 6.88. The van der Waals surface area contributed by atoms with Crippen LogP contribution in [0.4, 0.5) is 10.1 Å². The topological polar surface area (TPSA) is 69.3 Å². The smallest absolute Gasteiger partial charge is 0.337 e. The molecule has 0 fully saturated rings. The molecule has 0 aromatic heterocycles. The van der Waals surface area contributed by atoms with Crippen LogP contribution < -0.4 is 24.4 Å². The Morgan fingerprint density at radius 1 is 1.03 bits per heavy atom. The number of ether oxygens (including phenoxy) is 4. The van der Waals surface area contributed by atoms with Crippen molar-refractivity contribution in [3.8, 4) is 17.2 Å². The number of thiocarbonyl (C=S) groups is 1. The molecule has 0 radical (unpaired) electrons. The molecule has 1 heterocycles. The van der Waals surface area contributed by atoms with Crippen LogP contribution in [0.5, 0.6) is 17.2 Å². The van der Waals surface area contributed by atoms with Gasteiger partial charge < -0.3 is 24.3 Å². The fourth-order valence-electron chi connectivity index (χ4n) is 3.73. The second kappa shape index (κ2) is 9.44. The number of hydrogen-bond acceptors (Lipinski definition) is 6. The number of rotatable bonds is 6. The summed E-state index contributed by atoms with van der Waals surface area (Å²) >= 11 is 5.61. The van der Waals surface area contributed by atoms with E-state index in [9.17, 15) is 9.18 Å². The van der Waals surface area contributed by atoms with Crippen LogP contribution in [0.1, 0.15) is 24.1 Å². The Hall–Kier alpha value is -3.33. The van der Waals surface area contributed by atoms with Gasteiger partial charge in [0.1, 0.15) is 5.82 Å². The normalized spacial score (nSPS) is 15.9. The van der Waals surface area contributed by atoms with Gasteiger partial charge in [0.25, 0.3) is 0 Å². The van der Waals surface area contributed by atoms with E-state index in [1.54, 1.807) is 43.0 Å². The number of halogens is 1. The Bertz CT molecular complexity index is 1100. The Morgan fingerprint density at radius 2 is 1.72 bits per heavy atom. The number of carbonyl (C=O) groups is 1. The third kappa shape index (κ3) is 3.95. The molecule has 1 atom stereocenters. The van der Waals surface area contributed by atoms with Crippen molar-refractivity contribution in [3.05, 3.63) is 58.5 Å². The quantitative estimate of drug-likeness (QED) is 0.512. The molecule has 0 bridgehead atoms. The van der Waals surface area contributed by atoms with Gasteiger partial charge in [0.2, 0.25) is 5.75 Å². The number of methoxy groups -OCH3 is 4. The Balaban J connectivity index is 2.23. The highest BCUT2D eigenvalue weighted by Crippen LogP contribution is 2.45. The molecule has 2 aromatic carbocycles. The zero-order valence-corrected chi connectivity index (χ0v) is 19.6. The number of anilines is 1. The predicted molar refractivity (Wildman–Crippen MR) is 123 cm³/mol. The molecule has 1 aliphatic rings. The summed E-state index contributed by atoms with van der Waals surface area (Å²) in [6.07, 6.45) is 0. The van der Waals surface area contributed by atoms with Crippen LogP contribution in [0, 0.1) is 12.7 Å². The van der Waals surface area contributed by atoms with E-state index in [-0.39, 0.29) is 5.82 Å². The minimum Gasteiger partial charge on any atom is -0.493 e. The lowest BCUT2D eigenvalue weighted by Gasteiger charge is -2.38. The molecule has 0 saturated heterocycles. The van der Waals surface area contributed by atoms with Gasteiger partial charge in [-0.25, -0.2) is 9.18 Å². The summed E-state index contributed by atoms with van der Waals surface area (Å²) in [6.45, 7) is 3.41. The lowest BCUT2D eigenvalue weighted by molar-refractivity contribution is -0.136. The summed E-state index contributed by atoms with van der Waals surface area (Å²) in [5.41, 5.74) is 2.40. The molecule has 0 spiro atoms. The van der Waals surface area contributed by atoms with Crippen molar-refractivity contribution >= 4 is 29.0 Å². The molecule has 9 heteroatoms. The SMILES string of the molecule is COC(=O)C1=C(C)N(c2ccc(C)c(F)c2)C(=S)N[C@@H]1c1ccc(OC)c(OC)c1OC. The highest BCUT2D eigenvalue weighted by molar-refractivity contribution is 7.80. The van der Waals surface area contributed by atoms with Crippen molar-refractivity contribution in [2.24, 2.45) is 0 Å². The van der Waals surface area contributed by atoms with E-state index >= 15 is 0 Å². The van der Waals surface area contributed by atoms with Gasteiger partial charge in [0, 0.05) is 11.3 Å². The Labute approximate surface area is 191 Å². The minimum atomic E-state index is -0.698. The number of hydrogen-bond donors (Lipinski definition) is 1. The van der Waals surface area contributed by atoms with Crippen molar-refractivity contribution in [2.75, 3.05) is 33.3 Å². The molecular weight excluding hydrogens is 435 g/mol. The number of nitrogens with zero attached hydrogens (tertiary/aromatic N) is 1. The number of esters is 1. The van der Waals surface area contributed by atoms with E-state index in [2.05, 4.69) is 5.32 Å². The zero-order valence-electron chi connectivity index (χ0n) is 18.7. The van der Waals surface area contributed by atoms with Crippen LogP contribution in [-0.4, -0.2) is 39.5 Å². The second-order valence-electron chi connectivity index (χ2n) is 7.07. The lowest BCUT2D eigenvalue weighted by atomic mass is 9.93. The fraction of sp³-hybridized carbons (Fsp3) is 0.304. The van der Waals surface area contributed by atoms with E-state index in [1.165, 1.54) is 34.5 Å². The van der Waals surface area contributed by atoms with E-state index in [0.29, 0.717) is 50.4 Å². The Morgan fingerprint density at radius 3 is 2.28 bits per heavy atom. The molecule has 7 nitrogen and oxygen atoms in total. The largest absolute Gasteiger partial charge is 0.493 e. The predicted octanol–water partition coefficient (Wildman–Crippen LogP) is 4.04. The number of carbonyl (C=O) groups excluding carboxylic acids is 1. The monoisotopic (exact) mass is 460 g/mol. The number of allylic oxidation sites excluding steroid dienone is 1. The van der Waals surface area contributed by atoms with Gasteiger partial charge in [-0.15, -0.1) is 0 Å². The lowest BCUT2D eigenvalue weighted by Crippen LogP contribution is -2.48. The van der Waals surface area contributed by atoms with Crippen LogP contribution in [-0.2, 0) is 9.53 Å². The number of aryl methyl sites for hydroxylation is 1. The summed E-state index contributed by atoms with van der Waals surface area (Å²) in [6, 6.07) is 7.55. The molecule has 1 N–H and O–H groups in total. The van der Waals surface area contributed by atoms with Crippen molar-refractivity contribution in [1.29, 1.82) is 0 Å². The minimum absolute atomic E-state index is 0.292. The maximum Gasteiger partial charge on any atom is 0.337 e. The van der Waals surface area contributed by atoms with Gasteiger partial charge >= 0.3 is 5.97 Å². The van der Waals surface area contributed by atoms with E-state index in [0.717, 1.165) is 0 Å². The van der Waals surface area contributed by atoms with E-state index < -0.39 is 12.0 Å². The third-order valence-corrected chi connectivity index (χ3v) is 5.65. The van der Waals surface area contributed by atoms with Crippen molar-refractivity contribution in [2.45, 2.75) is 19.9 Å². The number of benzene rings is 2. The first-order valence-corrected chi connectivity index (χ1v) is 10.1. The second-order valence-corrected chi connectivity index (χ2v) is 7.45. The molecule has 2 aromatic rings. The molecule has 0 saturated carbocycles. The summed E-state index contributed by atoms with van der Waals surface area (Å²) in [4.78, 5) is 14.5. The highest BCUT2D eigenvalue weighted by Gasteiger charge is 2.37. The van der Waals surface area contributed by atoms with Crippen LogP contribution in [0.15, 0.2) is 41.6 Å². The van der Waals surface area contributed by atoms with Crippen LogP contribution in [0.25, 0.3) is 0 Å². The first-order valence-electron chi connectivity index (χ1n) is 9.73. The fourth-order valence-corrected chi connectivity index (χ4v) is 4.09. The zero-order chi connectivity index (χ0) is 23.6. The summed E-state index contributed by atoms with van der Waals surface area (Å²) in [7, 11) is 5.82. The van der Waals surface area contributed by atoms with Crippen LogP contribution >= 0.6 is 12.2 Å². The average Bonchev–Trinajstić information content (AvgIpc) is 2.79. The van der Waals surface area contributed by atoms with Gasteiger partial charge in [-0.05, 0) is 55.9 Å². The van der Waals surface area contributed by atoms with Crippen LogP contribution in [0.2, 0.25) is 0 Å². The van der Waals surface area contributed by atoms with Crippen molar-refractivity contribution in [3.63, 3.8) is 0 Å². The van der Waals surface area contributed by atoms with Crippen molar-refractivity contribution in [1.82, 2.24) is 5.32 Å². The molecule has 170 valence electrons. The third-order valence-electron chi connectivity index (χ3n) is 5.35. The molecule has 32 heavy (non-hydrogen) atoms. The number of nitrogens with one attached hydrogen (secondary N) is 1. The molecule has 0 amide bonds. The molecule has 1 aliphatic heterocycles. The first-order chi connectivity index (χ1) is 15.3. The maximum absolute atomic E-state index is 14.3. The van der Waals surface area contributed by atoms with Gasteiger partial charge in [0.15, 0.2) is 16.6 Å². The van der Waals surface area contributed by atoms with E-state index in [1.807, 2.05) is 0 Å². The van der Waals surface area contributed by atoms with E-state index in [4.69, 9.17) is 31.2 Å². The highest BCUT2D eigenvalue weighted by atomic mass is 32.1. The standard InChI is InChI=1S/C23H25FN2O5S/c1-12-7-8-14(11-16(12)24)26-13(2)18(22(27)31-6)19(25-23(26)32)15-9-10-17(28-3)21(30-5)20(15)29-4/h7-11,19H,1-6H3,(H,25,32)/t19-/m1/s1. The molecular formula is C23H25FN2O5S. The average molecular weight is 461 g/mol. The summed E-state index contributed by atoms with van der Waals surface area (Å²) in [5, 5.41) is 3.47. The van der Waals surface area contributed by atoms with Gasteiger partial charge in [0.05, 0.1) is 45.7 Å². The molecule has 0 unspecified atom stereocenters. The first kappa shape index (κ1) is 23.3. The maximum atomic E-state index is 14.3.